The van der Waals surface area contributed by atoms with E-state index in [1.54, 1.807) is 0 Å². The SMILES string of the molecule is CC(C)CCOCCC1(C(=O)O)CCOc2ccccc21. The molecule has 116 valence electrons. The molecule has 0 amide bonds. The van der Waals surface area contributed by atoms with Crippen molar-refractivity contribution in [1.82, 2.24) is 0 Å². The number of carbonyl (C=O) groups is 1. The zero-order valence-electron chi connectivity index (χ0n) is 12.8. The first-order valence-electron chi connectivity index (χ1n) is 7.60. The highest BCUT2D eigenvalue weighted by atomic mass is 16.5. The van der Waals surface area contributed by atoms with Gasteiger partial charge < -0.3 is 14.6 Å². The minimum absolute atomic E-state index is 0.440. The zero-order valence-corrected chi connectivity index (χ0v) is 12.8. The molecule has 1 aromatic rings. The first-order valence-corrected chi connectivity index (χ1v) is 7.60. The Kier molecular flexibility index (Phi) is 5.23. The van der Waals surface area contributed by atoms with Crippen molar-refractivity contribution in [3.63, 3.8) is 0 Å². The smallest absolute Gasteiger partial charge is 0.314 e. The molecule has 1 unspecified atom stereocenters. The van der Waals surface area contributed by atoms with E-state index in [-0.39, 0.29) is 0 Å². The standard InChI is InChI=1S/C17H24O4/c1-13(2)7-10-20-11-8-17(16(18)19)9-12-21-15-6-4-3-5-14(15)17/h3-6,13H,7-12H2,1-2H3,(H,18,19). The van der Waals surface area contributed by atoms with Crippen LogP contribution in [0.5, 0.6) is 5.75 Å². The van der Waals surface area contributed by atoms with Crippen LogP contribution < -0.4 is 4.74 Å². The highest BCUT2D eigenvalue weighted by Crippen LogP contribution is 2.41. The minimum Gasteiger partial charge on any atom is -0.493 e. The molecule has 1 aromatic carbocycles. The van der Waals surface area contributed by atoms with Crippen LogP contribution in [0.1, 0.15) is 38.7 Å². The van der Waals surface area contributed by atoms with Crippen molar-refractivity contribution in [1.29, 1.82) is 0 Å². The maximum atomic E-state index is 11.9. The van der Waals surface area contributed by atoms with E-state index in [9.17, 15) is 9.90 Å². The van der Waals surface area contributed by atoms with Crippen LogP contribution in [-0.4, -0.2) is 30.9 Å². The van der Waals surface area contributed by atoms with E-state index >= 15 is 0 Å². The van der Waals surface area contributed by atoms with Crippen molar-refractivity contribution in [3.8, 4) is 5.75 Å². The maximum Gasteiger partial charge on any atom is 0.314 e. The Morgan fingerprint density at radius 1 is 1.38 bits per heavy atom. The minimum atomic E-state index is -0.882. The molecule has 2 rings (SSSR count). The van der Waals surface area contributed by atoms with Crippen LogP contribution in [-0.2, 0) is 14.9 Å². The van der Waals surface area contributed by atoms with Gasteiger partial charge in [0.2, 0.25) is 0 Å². The van der Waals surface area contributed by atoms with Crippen molar-refractivity contribution in [2.24, 2.45) is 5.92 Å². The molecule has 1 aliphatic heterocycles. The summed E-state index contributed by atoms with van der Waals surface area (Å²) in [6, 6.07) is 7.43. The number of hydrogen-bond acceptors (Lipinski definition) is 3. The summed E-state index contributed by atoms with van der Waals surface area (Å²) in [5, 5.41) is 9.77. The molecule has 0 fully saturated rings. The molecule has 4 heteroatoms. The summed E-state index contributed by atoms with van der Waals surface area (Å²) in [4.78, 5) is 11.9. The Balaban J connectivity index is 2.07. The second-order valence-corrected chi connectivity index (χ2v) is 6.03. The van der Waals surface area contributed by atoms with Gasteiger partial charge in [0, 0.05) is 25.2 Å². The number of benzene rings is 1. The molecule has 4 nitrogen and oxygen atoms in total. The Labute approximate surface area is 126 Å². The van der Waals surface area contributed by atoms with Gasteiger partial charge in [-0.25, -0.2) is 0 Å². The lowest BCUT2D eigenvalue weighted by Crippen LogP contribution is -2.41. The third-order valence-corrected chi connectivity index (χ3v) is 4.11. The van der Waals surface area contributed by atoms with Crippen molar-refractivity contribution in [3.05, 3.63) is 29.8 Å². The van der Waals surface area contributed by atoms with Crippen LogP contribution in [0.4, 0.5) is 0 Å². The van der Waals surface area contributed by atoms with Gasteiger partial charge in [0.05, 0.1) is 6.61 Å². The lowest BCUT2D eigenvalue weighted by Gasteiger charge is -2.35. The van der Waals surface area contributed by atoms with Gasteiger partial charge >= 0.3 is 5.97 Å². The van der Waals surface area contributed by atoms with Crippen molar-refractivity contribution >= 4 is 5.97 Å². The summed E-state index contributed by atoms with van der Waals surface area (Å²) in [7, 11) is 0. The maximum absolute atomic E-state index is 11.9. The van der Waals surface area contributed by atoms with Gasteiger partial charge in [-0.1, -0.05) is 32.0 Å². The number of carboxylic acids is 1. The molecule has 0 aliphatic carbocycles. The normalized spacial score (nSPS) is 20.9. The molecule has 1 atom stereocenters. The summed E-state index contributed by atoms with van der Waals surface area (Å²) in [5.74, 6) is 0.501. The fourth-order valence-corrected chi connectivity index (χ4v) is 2.71. The average Bonchev–Trinajstić information content (AvgIpc) is 2.46. The van der Waals surface area contributed by atoms with Crippen LogP contribution in [0.25, 0.3) is 0 Å². The Hall–Kier alpha value is -1.55. The van der Waals surface area contributed by atoms with Gasteiger partial charge in [-0.2, -0.15) is 0 Å². The molecule has 21 heavy (non-hydrogen) atoms. The van der Waals surface area contributed by atoms with Crippen LogP contribution >= 0.6 is 0 Å². The summed E-state index contributed by atoms with van der Waals surface area (Å²) in [5.41, 5.74) is -0.108. The largest absolute Gasteiger partial charge is 0.493 e. The number of ether oxygens (including phenoxy) is 2. The van der Waals surface area contributed by atoms with Gasteiger partial charge in [0.15, 0.2) is 0 Å². The number of rotatable bonds is 7. The second kappa shape index (κ2) is 6.94. The van der Waals surface area contributed by atoms with E-state index in [1.165, 1.54) is 0 Å². The lowest BCUT2D eigenvalue weighted by molar-refractivity contribution is -0.146. The van der Waals surface area contributed by atoms with Crippen LogP contribution in [0.3, 0.4) is 0 Å². The second-order valence-electron chi connectivity index (χ2n) is 6.03. The fourth-order valence-electron chi connectivity index (χ4n) is 2.71. The van der Waals surface area contributed by atoms with E-state index in [0.717, 1.165) is 12.0 Å². The fraction of sp³-hybridized carbons (Fsp3) is 0.588. The molecule has 0 aromatic heterocycles. The molecule has 0 radical (unpaired) electrons. The molecule has 0 saturated carbocycles. The quantitative estimate of drug-likeness (QED) is 0.784. The third-order valence-electron chi connectivity index (χ3n) is 4.11. The topological polar surface area (TPSA) is 55.8 Å². The van der Waals surface area contributed by atoms with Gasteiger partial charge in [0.1, 0.15) is 11.2 Å². The molecule has 0 spiro atoms. The van der Waals surface area contributed by atoms with E-state index in [4.69, 9.17) is 9.47 Å². The Morgan fingerprint density at radius 3 is 2.86 bits per heavy atom. The van der Waals surface area contributed by atoms with Crippen LogP contribution in [0, 0.1) is 5.92 Å². The van der Waals surface area contributed by atoms with E-state index in [0.29, 0.717) is 44.3 Å². The van der Waals surface area contributed by atoms with E-state index in [1.807, 2.05) is 24.3 Å². The molecular weight excluding hydrogens is 268 g/mol. The predicted molar refractivity (Wildman–Crippen MR) is 80.8 cm³/mol. The average molecular weight is 292 g/mol. The molecule has 1 N–H and O–H groups in total. The van der Waals surface area contributed by atoms with Crippen molar-refractivity contribution in [2.45, 2.75) is 38.5 Å². The summed E-state index contributed by atoms with van der Waals surface area (Å²) >= 11 is 0. The predicted octanol–water partition coefficient (Wildman–Crippen LogP) is 3.24. The molecule has 0 bridgehead atoms. The van der Waals surface area contributed by atoms with Gasteiger partial charge in [0.25, 0.3) is 0 Å². The first-order chi connectivity index (χ1) is 10.1. The number of para-hydroxylation sites is 1. The van der Waals surface area contributed by atoms with Gasteiger partial charge in [-0.15, -0.1) is 0 Å². The number of aliphatic carboxylic acids is 1. The number of carboxylic acid groups (broad SMARTS) is 1. The highest BCUT2D eigenvalue weighted by Gasteiger charge is 2.44. The van der Waals surface area contributed by atoms with Crippen LogP contribution in [0.15, 0.2) is 24.3 Å². The molecule has 1 aliphatic rings. The highest BCUT2D eigenvalue weighted by molar-refractivity contribution is 5.83. The lowest BCUT2D eigenvalue weighted by atomic mass is 9.73. The van der Waals surface area contributed by atoms with Crippen molar-refractivity contribution in [2.75, 3.05) is 19.8 Å². The van der Waals surface area contributed by atoms with E-state index < -0.39 is 11.4 Å². The van der Waals surface area contributed by atoms with Crippen molar-refractivity contribution < 1.29 is 19.4 Å². The third kappa shape index (κ3) is 3.56. The molecule has 1 heterocycles. The Bertz CT molecular complexity index is 483. The molecular formula is C17H24O4. The number of fused-ring (bicyclic) bond motifs is 1. The summed E-state index contributed by atoms with van der Waals surface area (Å²) in [6.45, 7) is 5.89. The van der Waals surface area contributed by atoms with Crippen LogP contribution in [0.2, 0.25) is 0 Å². The monoisotopic (exact) mass is 292 g/mol. The van der Waals surface area contributed by atoms with Gasteiger partial charge in [-0.3, -0.25) is 4.79 Å². The van der Waals surface area contributed by atoms with Gasteiger partial charge in [-0.05, 0) is 24.8 Å². The summed E-state index contributed by atoms with van der Waals surface area (Å²) < 4.78 is 11.2. The zero-order chi connectivity index (χ0) is 15.3. The first kappa shape index (κ1) is 15.8. The molecule has 0 saturated heterocycles. The Morgan fingerprint density at radius 2 is 2.14 bits per heavy atom. The number of hydrogen-bond donors (Lipinski definition) is 1. The van der Waals surface area contributed by atoms with E-state index in [2.05, 4.69) is 13.8 Å². The summed E-state index contributed by atoms with van der Waals surface area (Å²) in [6.07, 6.45) is 1.98.